The van der Waals surface area contributed by atoms with Crippen molar-refractivity contribution in [1.82, 2.24) is 0 Å². The van der Waals surface area contributed by atoms with E-state index in [9.17, 15) is 9.59 Å². The molecule has 7 heteroatoms. The summed E-state index contributed by atoms with van der Waals surface area (Å²) >= 11 is 0. The molecule has 1 atom stereocenters. The van der Waals surface area contributed by atoms with Crippen LogP contribution in [0.1, 0.15) is 38.7 Å². The summed E-state index contributed by atoms with van der Waals surface area (Å²) in [6, 6.07) is 13.8. The van der Waals surface area contributed by atoms with Crippen molar-refractivity contribution in [1.29, 1.82) is 0 Å². The normalized spacial score (nSPS) is 15.6. The Bertz CT molecular complexity index is 985. The molecule has 0 radical (unpaired) electrons. The van der Waals surface area contributed by atoms with Gasteiger partial charge in [-0.15, -0.1) is 0 Å². The molecule has 34 heavy (non-hydrogen) atoms. The predicted octanol–water partition coefficient (Wildman–Crippen LogP) is 4.79. The maximum atomic E-state index is 11.3. The summed E-state index contributed by atoms with van der Waals surface area (Å²) in [7, 11) is 0. The van der Waals surface area contributed by atoms with Crippen molar-refractivity contribution in [2.45, 2.75) is 39.2 Å². The van der Waals surface area contributed by atoms with E-state index in [1.54, 1.807) is 6.08 Å². The molecule has 0 saturated carbocycles. The van der Waals surface area contributed by atoms with Gasteiger partial charge in [0.05, 0.1) is 13.2 Å². The maximum absolute atomic E-state index is 11.3. The van der Waals surface area contributed by atoms with E-state index in [1.165, 1.54) is 6.92 Å². The highest BCUT2D eigenvalue weighted by Gasteiger charge is 2.26. The third-order valence-corrected chi connectivity index (χ3v) is 5.58. The number of rotatable bonds is 12. The van der Waals surface area contributed by atoms with Crippen molar-refractivity contribution in [3.63, 3.8) is 0 Å². The second-order valence-electron chi connectivity index (χ2n) is 8.25. The standard InChI is InChI=1S/C27H33NO6/c1-3-4-15-32-16-17-33-24-9-5-21(6-10-24)22-7-11-26(23(18-22)8-12-27(30)31)28-14-13-25(19-28)34-20(2)29/h5-12,18,25H,3-4,13-17,19H2,1-2H3,(H,30,31)/b12-8+. The summed E-state index contributed by atoms with van der Waals surface area (Å²) < 4.78 is 16.6. The molecule has 1 fully saturated rings. The number of esters is 1. The number of unbranched alkanes of at least 4 members (excludes halogenated alkanes) is 1. The van der Waals surface area contributed by atoms with E-state index in [0.717, 1.165) is 66.6 Å². The van der Waals surface area contributed by atoms with Crippen LogP contribution < -0.4 is 9.64 Å². The summed E-state index contributed by atoms with van der Waals surface area (Å²) in [5.74, 6) is -0.514. The van der Waals surface area contributed by atoms with Gasteiger partial charge in [-0.2, -0.15) is 0 Å². The fraction of sp³-hybridized carbons (Fsp3) is 0.407. The average Bonchev–Trinajstić information content (AvgIpc) is 3.27. The highest BCUT2D eigenvalue weighted by Crippen LogP contribution is 2.32. The third-order valence-electron chi connectivity index (χ3n) is 5.58. The summed E-state index contributed by atoms with van der Waals surface area (Å²) in [5.41, 5.74) is 3.69. The first kappa shape index (κ1) is 25.3. The molecule has 1 unspecified atom stereocenters. The van der Waals surface area contributed by atoms with Gasteiger partial charge in [-0.05, 0) is 53.5 Å². The Morgan fingerprint density at radius 1 is 1.09 bits per heavy atom. The molecule has 2 aromatic carbocycles. The van der Waals surface area contributed by atoms with E-state index in [-0.39, 0.29) is 12.1 Å². The predicted molar refractivity (Wildman–Crippen MR) is 132 cm³/mol. The average molecular weight is 468 g/mol. The number of benzene rings is 2. The van der Waals surface area contributed by atoms with Gasteiger partial charge in [-0.1, -0.05) is 31.5 Å². The summed E-state index contributed by atoms with van der Waals surface area (Å²) in [6.45, 7) is 6.70. The van der Waals surface area contributed by atoms with Crippen LogP contribution in [-0.4, -0.2) is 56.1 Å². The van der Waals surface area contributed by atoms with Crippen LogP contribution in [0.3, 0.4) is 0 Å². The zero-order valence-corrected chi connectivity index (χ0v) is 19.9. The lowest BCUT2D eigenvalue weighted by Gasteiger charge is -2.22. The molecule has 0 amide bonds. The number of carboxylic acids is 1. The first-order chi connectivity index (χ1) is 16.5. The number of carbonyl (C=O) groups is 2. The first-order valence-electron chi connectivity index (χ1n) is 11.7. The van der Waals surface area contributed by atoms with Gasteiger partial charge in [-0.3, -0.25) is 4.79 Å². The second kappa shape index (κ2) is 12.8. The Labute approximate surface area is 200 Å². The number of hydrogen-bond acceptors (Lipinski definition) is 6. The quantitative estimate of drug-likeness (QED) is 0.273. The Morgan fingerprint density at radius 2 is 1.85 bits per heavy atom. The molecule has 0 bridgehead atoms. The van der Waals surface area contributed by atoms with E-state index < -0.39 is 5.97 Å². The summed E-state index contributed by atoms with van der Waals surface area (Å²) in [5, 5.41) is 9.14. The van der Waals surface area contributed by atoms with Crippen molar-refractivity contribution >= 4 is 23.7 Å². The smallest absolute Gasteiger partial charge is 0.328 e. The van der Waals surface area contributed by atoms with Gasteiger partial charge in [0.1, 0.15) is 18.5 Å². The van der Waals surface area contributed by atoms with Gasteiger partial charge in [-0.25, -0.2) is 4.79 Å². The van der Waals surface area contributed by atoms with Crippen molar-refractivity contribution in [3.05, 3.63) is 54.1 Å². The minimum Gasteiger partial charge on any atom is -0.491 e. The zero-order valence-electron chi connectivity index (χ0n) is 19.9. The minimum absolute atomic E-state index is 0.155. The van der Waals surface area contributed by atoms with Gasteiger partial charge in [0.15, 0.2) is 0 Å². The number of carbonyl (C=O) groups excluding carboxylic acids is 1. The van der Waals surface area contributed by atoms with E-state index in [0.29, 0.717) is 19.8 Å². The van der Waals surface area contributed by atoms with Crippen LogP contribution in [-0.2, 0) is 19.1 Å². The maximum Gasteiger partial charge on any atom is 0.328 e. The van der Waals surface area contributed by atoms with Gasteiger partial charge >= 0.3 is 11.9 Å². The van der Waals surface area contributed by atoms with Crippen LogP contribution in [0, 0.1) is 0 Å². The molecule has 0 aliphatic carbocycles. The van der Waals surface area contributed by atoms with Crippen LogP contribution in [0.5, 0.6) is 5.75 Å². The molecule has 1 aliphatic rings. The molecule has 0 spiro atoms. The van der Waals surface area contributed by atoms with E-state index in [2.05, 4.69) is 11.8 Å². The molecule has 7 nitrogen and oxygen atoms in total. The molecule has 1 aliphatic heterocycles. The van der Waals surface area contributed by atoms with E-state index in [4.69, 9.17) is 19.3 Å². The van der Waals surface area contributed by atoms with Crippen LogP contribution >= 0.6 is 0 Å². The fourth-order valence-corrected chi connectivity index (χ4v) is 3.91. The number of anilines is 1. The topological polar surface area (TPSA) is 85.3 Å². The van der Waals surface area contributed by atoms with Crippen LogP contribution in [0.4, 0.5) is 5.69 Å². The lowest BCUT2D eigenvalue weighted by atomic mass is 10.0. The lowest BCUT2D eigenvalue weighted by Crippen LogP contribution is -2.24. The molecule has 2 aromatic rings. The van der Waals surface area contributed by atoms with Crippen LogP contribution in [0.25, 0.3) is 17.2 Å². The number of nitrogens with zero attached hydrogens (tertiary/aromatic N) is 1. The molecule has 1 N–H and O–H groups in total. The second-order valence-corrected chi connectivity index (χ2v) is 8.25. The molecule has 1 heterocycles. The summed E-state index contributed by atoms with van der Waals surface area (Å²) in [4.78, 5) is 24.6. The Kier molecular flexibility index (Phi) is 9.52. The summed E-state index contributed by atoms with van der Waals surface area (Å²) in [6.07, 6.45) is 5.51. The number of ether oxygens (including phenoxy) is 3. The minimum atomic E-state index is -1.00. The highest BCUT2D eigenvalue weighted by molar-refractivity contribution is 5.88. The van der Waals surface area contributed by atoms with Gasteiger partial charge in [0.25, 0.3) is 0 Å². The number of aliphatic carboxylic acids is 1. The van der Waals surface area contributed by atoms with Gasteiger partial charge < -0.3 is 24.2 Å². The highest BCUT2D eigenvalue weighted by atomic mass is 16.5. The van der Waals surface area contributed by atoms with Crippen molar-refractivity contribution in [2.75, 3.05) is 37.8 Å². The molecule has 1 saturated heterocycles. The number of hydrogen-bond donors (Lipinski definition) is 1. The van der Waals surface area contributed by atoms with Crippen LogP contribution in [0.2, 0.25) is 0 Å². The molecule has 182 valence electrons. The van der Waals surface area contributed by atoms with Crippen molar-refractivity contribution < 1.29 is 28.9 Å². The van der Waals surface area contributed by atoms with E-state index >= 15 is 0 Å². The Morgan fingerprint density at radius 3 is 2.56 bits per heavy atom. The van der Waals surface area contributed by atoms with E-state index in [1.807, 2.05) is 42.5 Å². The van der Waals surface area contributed by atoms with Gasteiger partial charge in [0, 0.05) is 38.3 Å². The first-order valence-corrected chi connectivity index (χ1v) is 11.7. The van der Waals surface area contributed by atoms with Gasteiger partial charge in [0.2, 0.25) is 0 Å². The van der Waals surface area contributed by atoms with Crippen LogP contribution in [0.15, 0.2) is 48.5 Å². The Hall–Kier alpha value is -3.32. The van der Waals surface area contributed by atoms with Crippen molar-refractivity contribution in [2.24, 2.45) is 0 Å². The molecular formula is C27H33NO6. The fourth-order valence-electron chi connectivity index (χ4n) is 3.91. The molecule has 0 aromatic heterocycles. The van der Waals surface area contributed by atoms with Crippen molar-refractivity contribution in [3.8, 4) is 16.9 Å². The Balaban J connectivity index is 1.70. The monoisotopic (exact) mass is 467 g/mol. The zero-order chi connectivity index (χ0) is 24.3. The third kappa shape index (κ3) is 7.63. The molecule has 3 rings (SSSR count). The lowest BCUT2D eigenvalue weighted by molar-refractivity contribution is -0.145. The largest absolute Gasteiger partial charge is 0.491 e. The molecular weight excluding hydrogens is 434 g/mol. The number of carboxylic acid groups (broad SMARTS) is 1. The SMILES string of the molecule is CCCCOCCOc1ccc(-c2ccc(N3CCC(OC(C)=O)C3)c(/C=C/C(=O)O)c2)cc1.